The number of carbonyl (C=O) groups is 1. The van der Waals surface area contributed by atoms with Crippen molar-refractivity contribution in [3.8, 4) is 5.88 Å². The summed E-state index contributed by atoms with van der Waals surface area (Å²) in [6, 6.07) is 1.80. The van der Waals surface area contributed by atoms with Crippen LogP contribution < -0.4 is 4.74 Å². The highest BCUT2D eigenvalue weighted by Crippen LogP contribution is 2.29. The molecule has 1 fully saturated rings. The van der Waals surface area contributed by atoms with Crippen molar-refractivity contribution in [3.63, 3.8) is 0 Å². The van der Waals surface area contributed by atoms with Crippen molar-refractivity contribution in [3.05, 3.63) is 23.4 Å². The number of nitrogens with zero attached hydrogens (tertiary/aromatic N) is 1. The molecule has 0 aliphatic heterocycles. The van der Waals surface area contributed by atoms with Gasteiger partial charge >= 0.3 is 0 Å². The number of aromatic nitrogens is 1. The molecule has 86 valence electrons. The molecule has 0 radical (unpaired) electrons. The normalized spacial score (nSPS) is 15.6. The zero-order valence-electron chi connectivity index (χ0n) is 9.61. The van der Waals surface area contributed by atoms with E-state index in [2.05, 4.69) is 4.98 Å². The maximum absolute atomic E-state index is 10.5. The van der Waals surface area contributed by atoms with E-state index in [-0.39, 0.29) is 0 Å². The molecule has 0 N–H and O–H groups in total. The molecule has 1 aromatic rings. The first-order valence-corrected chi connectivity index (χ1v) is 5.84. The molecule has 0 aromatic carbocycles. The van der Waals surface area contributed by atoms with Crippen LogP contribution in [0.15, 0.2) is 12.3 Å². The number of aldehydes is 1. The highest BCUT2D eigenvalue weighted by Gasteiger charge is 2.17. The smallest absolute Gasteiger partial charge is 0.216 e. The van der Waals surface area contributed by atoms with Crippen LogP contribution in [0.5, 0.6) is 5.88 Å². The van der Waals surface area contributed by atoms with E-state index in [1.54, 1.807) is 12.3 Å². The van der Waals surface area contributed by atoms with Gasteiger partial charge in [0.1, 0.15) is 0 Å². The van der Waals surface area contributed by atoms with Crippen molar-refractivity contribution >= 4 is 6.29 Å². The van der Waals surface area contributed by atoms with Gasteiger partial charge in [0.05, 0.1) is 6.61 Å². The van der Waals surface area contributed by atoms with Crippen LogP contribution in [0.4, 0.5) is 0 Å². The fraction of sp³-hybridized carbons (Fsp3) is 0.538. The monoisotopic (exact) mass is 219 g/mol. The van der Waals surface area contributed by atoms with E-state index in [9.17, 15) is 4.79 Å². The first-order valence-electron chi connectivity index (χ1n) is 5.84. The molecule has 1 heterocycles. The fourth-order valence-electron chi connectivity index (χ4n) is 1.90. The minimum Gasteiger partial charge on any atom is -0.477 e. The lowest BCUT2D eigenvalue weighted by Gasteiger charge is -2.24. The van der Waals surface area contributed by atoms with Gasteiger partial charge in [-0.1, -0.05) is 19.3 Å². The van der Waals surface area contributed by atoms with Crippen LogP contribution in [0.1, 0.15) is 41.6 Å². The van der Waals surface area contributed by atoms with Crippen molar-refractivity contribution in [2.24, 2.45) is 5.92 Å². The van der Waals surface area contributed by atoms with Gasteiger partial charge in [-0.15, -0.1) is 0 Å². The van der Waals surface area contributed by atoms with E-state index in [0.717, 1.165) is 30.8 Å². The van der Waals surface area contributed by atoms with Gasteiger partial charge in [-0.2, -0.15) is 0 Å². The fourth-order valence-corrected chi connectivity index (χ4v) is 1.90. The maximum atomic E-state index is 10.5. The van der Waals surface area contributed by atoms with Gasteiger partial charge in [0, 0.05) is 17.3 Å². The molecule has 3 nitrogen and oxygen atoms in total. The summed E-state index contributed by atoms with van der Waals surface area (Å²) in [5.41, 5.74) is 1.53. The maximum Gasteiger partial charge on any atom is 0.216 e. The number of hydrogen-bond donors (Lipinski definition) is 0. The van der Waals surface area contributed by atoms with Crippen LogP contribution in [-0.2, 0) is 0 Å². The van der Waals surface area contributed by atoms with Crippen molar-refractivity contribution in [1.82, 2.24) is 4.98 Å². The van der Waals surface area contributed by atoms with Gasteiger partial charge in [0.2, 0.25) is 5.88 Å². The zero-order chi connectivity index (χ0) is 11.4. The second-order valence-corrected chi connectivity index (χ2v) is 4.44. The van der Waals surface area contributed by atoms with Crippen molar-refractivity contribution < 1.29 is 9.53 Å². The molecule has 0 atom stereocenters. The van der Waals surface area contributed by atoms with Gasteiger partial charge < -0.3 is 4.74 Å². The lowest BCUT2D eigenvalue weighted by atomic mass is 9.83. The summed E-state index contributed by atoms with van der Waals surface area (Å²) in [5, 5.41) is 0. The quantitative estimate of drug-likeness (QED) is 0.715. The van der Waals surface area contributed by atoms with Crippen LogP contribution >= 0.6 is 0 Å². The van der Waals surface area contributed by atoms with E-state index >= 15 is 0 Å². The van der Waals surface area contributed by atoms with Gasteiger partial charge in [0.25, 0.3) is 0 Å². The summed E-state index contributed by atoms with van der Waals surface area (Å²) in [5.74, 6) is 1.51. The van der Waals surface area contributed by atoms with Crippen LogP contribution in [0.2, 0.25) is 0 Å². The van der Waals surface area contributed by atoms with Crippen LogP contribution in [0, 0.1) is 12.8 Å². The number of aryl methyl sites for hydroxylation is 1. The molecule has 0 spiro atoms. The Morgan fingerprint density at radius 2 is 2.38 bits per heavy atom. The summed E-state index contributed by atoms with van der Waals surface area (Å²) < 4.78 is 5.62. The van der Waals surface area contributed by atoms with E-state index in [1.165, 1.54) is 19.3 Å². The average Bonchev–Trinajstić information content (AvgIpc) is 2.23. The molecule has 3 heteroatoms. The second kappa shape index (κ2) is 5.10. The summed E-state index contributed by atoms with van der Waals surface area (Å²) >= 11 is 0. The molecule has 0 saturated heterocycles. The second-order valence-electron chi connectivity index (χ2n) is 4.44. The Morgan fingerprint density at radius 3 is 2.94 bits per heavy atom. The summed E-state index contributed by atoms with van der Waals surface area (Å²) in [7, 11) is 0. The van der Waals surface area contributed by atoms with Crippen LogP contribution in [-0.4, -0.2) is 17.9 Å². The first-order chi connectivity index (χ1) is 7.79. The van der Waals surface area contributed by atoms with Crippen LogP contribution in [0.25, 0.3) is 0 Å². The molecule has 16 heavy (non-hydrogen) atoms. The van der Waals surface area contributed by atoms with E-state index < -0.39 is 0 Å². The number of pyridine rings is 1. The first kappa shape index (κ1) is 11.1. The molecular formula is C13H17NO2. The Balaban J connectivity index is 1.85. The van der Waals surface area contributed by atoms with Crippen LogP contribution in [0.3, 0.4) is 0 Å². The molecule has 1 aliphatic rings. The molecule has 2 rings (SSSR count). The molecule has 1 aromatic heterocycles. The Kier molecular flexibility index (Phi) is 3.54. The van der Waals surface area contributed by atoms with Crippen molar-refractivity contribution in [2.45, 2.75) is 32.6 Å². The van der Waals surface area contributed by atoms with E-state index in [0.29, 0.717) is 11.4 Å². The lowest BCUT2D eigenvalue weighted by molar-refractivity contribution is 0.112. The molecule has 0 amide bonds. The molecule has 1 saturated carbocycles. The Morgan fingerprint density at radius 1 is 1.56 bits per heavy atom. The minimum absolute atomic E-state index is 0.601. The predicted octanol–water partition coefficient (Wildman–Crippen LogP) is 2.77. The predicted molar refractivity (Wildman–Crippen MR) is 61.8 cm³/mol. The van der Waals surface area contributed by atoms with Gasteiger partial charge in [-0.3, -0.25) is 4.79 Å². The van der Waals surface area contributed by atoms with Gasteiger partial charge in [-0.05, 0) is 25.3 Å². The number of ether oxygens (including phenoxy) is 1. The molecular weight excluding hydrogens is 202 g/mol. The number of carbonyl (C=O) groups excluding carboxylic acids is 1. The third-order valence-corrected chi connectivity index (χ3v) is 3.18. The van der Waals surface area contributed by atoms with Gasteiger partial charge in [-0.25, -0.2) is 4.98 Å². The average molecular weight is 219 g/mol. The summed E-state index contributed by atoms with van der Waals surface area (Å²) in [6.07, 6.45) is 7.54. The van der Waals surface area contributed by atoms with E-state index in [4.69, 9.17) is 4.74 Å². The topological polar surface area (TPSA) is 39.2 Å². The largest absolute Gasteiger partial charge is 0.477 e. The third-order valence-electron chi connectivity index (χ3n) is 3.18. The third kappa shape index (κ3) is 2.60. The van der Waals surface area contributed by atoms with Gasteiger partial charge in [0.15, 0.2) is 6.29 Å². The van der Waals surface area contributed by atoms with E-state index in [1.807, 2.05) is 6.92 Å². The number of rotatable bonds is 5. The SMILES string of the molecule is Cc1cc(C=O)cnc1OCCC1CCC1. The Labute approximate surface area is 95.8 Å². The van der Waals surface area contributed by atoms with Crippen molar-refractivity contribution in [2.75, 3.05) is 6.61 Å². The Hall–Kier alpha value is -1.38. The highest BCUT2D eigenvalue weighted by molar-refractivity contribution is 5.74. The summed E-state index contributed by atoms with van der Waals surface area (Å²) in [6.45, 7) is 2.65. The molecule has 0 bridgehead atoms. The summed E-state index contributed by atoms with van der Waals surface area (Å²) in [4.78, 5) is 14.7. The standard InChI is InChI=1S/C13H17NO2/c1-10-7-12(9-15)8-14-13(10)16-6-5-11-3-2-4-11/h7-9,11H,2-6H2,1H3. The highest BCUT2D eigenvalue weighted by atomic mass is 16.5. The Bertz CT molecular complexity index is 372. The van der Waals surface area contributed by atoms with Crippen molar-refractivity contribution in [1.29, 1.82) is 0 Å². The minimum atomic E-state index is 0.601. The molecule has 0 unspecified atom stereocenters. The zero-order valence-corrected chi connectivity index (χ0v) is 9.61. The number of hydrogen-bond acceptors (Lipinski definition) is 3. The lowest BCUT2D eigenvalue weighted by Crippen LogP contribution is -2.15. The molecule has 1 aliphatic carbocycles.